The Morgan fingerprint density at radius 1 is 1.19 bits per heavy atom. The van der Waals surface area contributed by atoms with Crippen LogP contribution in [0.25, 0.3) is 11.3 Å². The van der Waals surface area contributed by atoms with Crippen molar-refractivity contribution in [2.75, 3.05) is 7.05 Å². The van der Waals surface area contributed by atoms with Crippen LogP contribution >= 0.6 is 0 Å². The molecule has 0 saturated carbocycles. The van der Waals surface area contributed by atoms with Crippen LogP contribution in [0.3, 0.4) is 0 Å². The minimum Gasteiger partial charge on any atom is -0.387 e. The molecular formula is C21H23N3O3. The van der Waals surface area contributed by atoms with Crippen LogP contribution in [0.2, 0.25) is 0 Å². The maximum absolute atomic E-state index is 12.7. The third-order valence-electron chi connectivity index (χ3n) is 4.55. The Labute approximate surface area is 158 Å². The minimum absolute atomic E-state index is 0.0766. The lowest BCUT2D eigenvalue weighted by Gasteiger charge is -2.17. The number of aliphatic hydroxyl groups excluding tert-OH is 1. The van der Waals surface area contributed by atoms with Crippen LogP contribution in [0.15, 0.2) is 47.0 Å². The van der Waals surface area contributed by atoms with E-state index >= 15 is 0 Å². The van der Waals surface area contributed by atoms with E-state index in [0.717, 1.165) is 28.3 Å². The molecule has 0 aliphatic rings. The van der Waals surface area contributed by atoms with Crippen molar-refractivity contribution in [1.82, 2.24) is 15.0 Å². The first-order valence-corrected chi connectivity index (χ1v) is 8.79. The SMILES string of the molecule is Cc1noc(C)c1CN(C)C(=O)c1ccc(-c2cccc(C(C)O)n2)cc1. The predicted molar refractivity (Wildman–Crippen MR) is 102 cm³/mol. The Balaban J connectivity index is 1.76. The zero-order chi connectivity index (χ0) is 19.6. The van der Waals surface area contributed by atoms with Crippen molar-refractivity contribution >= 4 is 5.91 Å². The van der Waals surface area contributed by atoms with Crippen LogP contribution in [0.5, 0.6) is 0 Å². The Bertz CT molecular complexity index is 926. The number of carbonyl (C=O) groups excluding carboxylic acids is 1. The molecule has 2 aromatic heterocycles. The van der Waals surface area contributed by atoms with E-state index < -0.39 is 6.10 Å². The third kappa shape index (κ3) is 4.06. The largest absolute Gasteiger partial charge is 0.387 e. The van der Waals surface area contributed by atoms with Crippen LogP contribution in [0.4, 0.5) is 0 Å². The van der Waals surface area contributed by atoms with Gasteiger partial charge in [0, 0.05) is 23.7 Å². The van der Waals surface area contributed by atoms with Gasteiger partial charge in [-0.25, -0.2) is 0 Å². The lowest BCUT2D eigenvalue weighted by molar-refractivity contribution is 0.0784. The average molecular weight is 365 g/mol. The number of carbonyl (C=O) groups is 1. The van der Waals surface area contributed by atoms with E-state index in [-0.39, 0.29) is 5.91 Å². The number of aryl methyl sites for hydroxylation is 2. The Morgan fingerprint density at radius 2 is 1.89 bits per heavy atom. The molecule has 0 spiro atoms. The van der Waals surface area contributed by atoms with Crippen LogP contribution in [-0.2, 0) is 6.54 Å². The van der Waals surface area contributed by atoms with Gasteiger partial charge in [-0.3, -0.25) is 9.78 Å². The molecule has 1 N–H and O–H groups in total. The van der Waals surface area contributed by atoms with Crippen molar-refractivity contribution in [3.63, 3.8) is 0 Å². The molecule has 0 aliphatic carbocycles. The molecule has 3 aromatic rings. The average Bonchev–Trinajstić information content (AvgIpc) is 2.99. The summed E-state index contributed by atoms with van der Waals surface area (Å²) in [4.78, 5) is 18.8. The Kier molecular flexibility index (Phi) is 5.37. The number of hydrogen-bond donors (Lipinski definition) is 1. The highest BCUT2D eigenvalue weighted by Gasteiger charge is 2.17. The monoisotopic (exact) mass is 365 g/mol. The van der Waals surface area contributed by atoms with Gasteiger partial charge in [0.1, 0.15) is 5.76 Å². The quantitative estimate of drug-likeness (QED) is 0.746. The van der Waals surface area contributed by atoms with Crippen molar-refractivity contribution in [2.24, 2.45) is 0 Å². The molecule has 0 saturated heterocycles. The number of benzene rings is 1. The number of aliphatic hydroxyl groups is 1. The highest BCUT2D eigenvalue weighted by Crippen LogP contribution is 2.21. The standard InChI is InChI=1S/C21H23N3O3/c1-13-18(15(3)27-23-13)12-24(4)21(26)17-10-8-16(9-11-17)20-7-5-6-19(22-20)14(2)25/h5-11,14,25H,12H2,1-4H3. The summed E-state index contributed by atoms with van der Waals surface area (Å²) in [5.41, 5.74) is 4.60. The molecule has 6 nitrogen and oxygen atoms in total. The Hall–Kier alpha value is -2.99. The zero-order valence-electron chi connectivity index (χ0n) is 15.9. The topological polar surface area (TPSA) is 79.5 Å². The lowest BCUT2D eigenvalue weighted by atomic mass is 10.1. The second-order valence-electron chi connectivity index (χ2n) is 6.66. The first-order valence-electron chi connectivity index (χ1n) is 8.79. The molecule has 27 heavy (non-hydrogen) atoms. The Morgan fingerprint density at radius 3 is 2.48 bits per heavy atom. The van der Waals surface area contributed by atoms with Gasteiger partial charge in [0.25, 0.3) is 5.91 Å². The molecule has 0 aliphatic heterocycles. The minimum atomic E-state index is -0.622. The van der Waals surface area contributed by atoms with Crippen molar-refractivity contribution in [3.8, 4) is 11.3 Å². The fourth-order valence-electron chi connectivity index (χ4n) is 2.89. The van der Waals surface area contributed by atoms with E-state index in [1.807, 2.05) is 38.1 Å². The molecule has 2 heterocycles. The summed E-state index contributed by atoms with van der Waals surface area (Å²) in [6.45, 7) is 5.84. The number of hydrogen-bond acceptors (Lipinski definition) is 5. The molecule has 0 bridgehead atoms. The number of aromatic nitrogens is 2. The fourth-order valence-corrected chi connectivity index (χ4v) is 2.89. The molecule has 3 rings (SSSR count). The van der Waals surface area contributed by atoms with Crippen LogP contribution in [0, 0.1) is 13.8 Å². The maximum Gasteiger partial charge on any atom is 0.253 e. The van der Waals surface area contributed by atoms with Gasteiger partial charge in [0.2, 0.25) is 0 Å². The first kappa shape index (κ1) is 18.8. The van der Waals surface area contributed by atoms with Crippen LogP contribution < -0.4 is 0 Å². The molecule has 140 valence electrons. The highest BCUT2D eigenvalue weighted by atomic mass is 16.5. The van der Waals surface area contributed by atoms with Gasteiger partial charge in [0.05, 0.1) is 29.7 Å². The van der Waals surface area contributed by atoms with Crippen molar-refractivity contribution < 1.29 is 14.4 Å². The fraction of sp³-hybridized carbons (Fsp3) is 0.286. The molecular weight excluding hydrogens is 342 g/mol. The second-order valence-corrected chi connectivity index (χ2v) is 6.66. The maximum atomic E-state index is 12.7. The normalized spacial score (nSPS) is 12.0. The summed E-state index contributed by atoms with van der Waals surface area (Å²) in [5, 5.41) is 13.6. The molecule has 1 amide bonds. The zero-order valence-corrected chi connectivity index (χ0v) is 15.9. The van der Waals surface area contributed by atoms with Gasteiger partial charge < -0.3 is 14.5 Å². The molecule has 6 heteroatoms. The number of pyridine rings is 1. The van der Waals surface area contributed by atoms with Gasteiger partial charge in [-0.15, -0.1) is 0 Å². The van der Waals surface area contributed by atoms with Crippen molar-refractivity contribution in [1.29, 1.82) is 0 Å². The smallest absolute Gasteiger partial charge is 0.253 e. The lowest BCUT2D eigenvalue weighted by Crippen LogP contribution is -2.26. The number of amides is 1. The molecule has 0 fully saturated rings. The summed E-state index contributed by atoms with van der Waals surface area (Å²) in [6.07, 6.45) is -0.622. The second kappa shape index (κ2) is 7.72. The summed E-state index contributed by atoms with van der Waals surface area (Å²) in [7, 11) is 1.76. The van der Waals surface area contributed by atoms with E-state index in [9.17, 15) is 9.90 Å². The highest BCUT2D eigenvalue weighted by molar-refractivity contribution is 5.94. The van der Waals surface area contributed by atoms with E-state index in [4.69, 9.17) is 4.52 Å². The van der Waals surface area contributed by atoms with Gasteiger partial charge in [-0.1, -0.05) is 23.4 Å². The third-order valence-corrected chi connectivity index (χ3v) is 4.55. The van der Waals surface area contributed by atoms with Crippen LogP contribution in [0.1, 0.15) is 46.1 Å². The summed E-state index contributed by atoms with van der Waals surface area (Å²) in [6, 6.07) is 12.8. The van der Waals surface area contributed by atoms with Crippen molar-refractivity contribution in [3.05, 3.63) is 70.7 Å². The van der Waals surface area contributed by atoms with Crippen LogP contribution in [-0.4, -0.2) is 33.1 Å². The predicted octanol–water partition coefficient (Wildman–Crippen LogP) is 3.68. The van der Waals surface area contributed by atoms with Gasteiger partial charge in [-0.2, -0.15) is 0 Å². The summed E-state index contributed by atoms with van der Waals surface area (Å²) in [5.74, 6) is 0.652. The van der Waals surface area contributed by atoms with E-state index in [0.29, 0.717) is 17.8 Å². The number of nitrogens with zero attached hydrogens (tertiary/aromatic N) is 3. The van der Waals surface area contributed by atoms with E-state index in [2.05, 4.69) is 10.1 Å². The first-order chi connectivity index (χ1) is 12.9. The van der Waals surface area contributed by atoms with Gasteiger partial charge in [-0.05, 0) is 45.0 Å². The van der Waals surface area contributed by atoms with E-state index in [1.54, 1.807) is 37.1 Å². The van der Waals surface area contributed by atoms with Gasteiger partial charge in [0.15, 0.2) is 0 Å². The summed E-state index contributed by atoms with van der Waals surface area (Å²) >= 11 is 0. The van der Waals surface area contributed by atoms with Gasteiger partial charge >= 0.3 is 0 Å². The van der Waals surface area contributed by atoms with E-state index in [1.165, 1.54) is 0 Å². The molecule has 1 atom stereocenters. The molecule has 1 aromatic carbocycles. The summed E-state index contributed by atoms with van der Waals surface area (Å²) < 4.78 is 5.16. The number of rotatable bonds is 5. The molecule has 0 radical (unpaired) electrons. The van der Waals surface area contributed by atoms with Crippen molar-refractivity contribution in [2.45, 2.75) is 33.4 Å². The molecule has 1 unspecified atom stereocenters.